The third-order valence-electron chi connectivity index (χ3n) is 3.63. The van der Waals surface area contributed by atoms with Gasteiger partial charge in [-0.25, -0.2) is 0 Å². The topological polar surface area (TPSA) is 104 Å². The van der Waals surface area contributed by atoms with E-state index < -0.39 is 86.9 Å². The summed E-state index contributed by atoms with van der Waals surface area (Å²) in [7, 11) is 0. The predicted octanol–water partition coefficient (Wildman–Crippen LogP) is 5.42. The molecular formula is C16H48Hf4N4. The second kappa shape index (κ2) is 31.0. The van der Waals surface area contributed by atoms with E-state index >= 15 is 0 Å². The molecule has 0 aromatic heterocycles. The Labute approximate surface area is 187 Å². The van der Waals surface area contributed by atoms with E-state index in [1.807, 2.05) is 0 Å². The second-order valence-electron chi connectivity index (χ2n) is 5.46. The molecule has 0 radical (unpaired) electrons. The molecule has 0 saturated carbocycles. The quantitative estimate of drug-likeness (QED) is 0.244. The van der Waals surface area contributed by atoms with E-state index in [0.29, 0.717) is 0 Å². The van der Waals surface area contributed by atoms with Crippen LogP contribution in [0.1, 0.15) is 55.4 Å². The molecule has 0 saturated heterocycles. The first kappa shape index (κ1) is 34.8. The number of rotatable bonds is 8. The summed E-state index contributed by atoms with van der Waals surface area (Å²) in [5.41, 5.74) is 0. The molecule has 8 N–H and O–H groups in total. The second-order valence-corrected chi connectivity index (χ2v) is 44.7. The van der Waals surface area contributed by atoms with Crippen LogP contribution < -0.4 is 14.9 Å². The summed E-state index contributed by atoms with van der Waals surface area (Å²) in [6.07, 6.45) is 0. The Morgan fingerprint density at radius 1 is 0.333 bits per heavy atom. The van der Waals surface area contributed by atoms with Gasteiger partial charge >= 0.3 is 191 Å². The van der Waals surface area contributed by atoms with Crippen molar-refractivity contribution in [1.29, 1.82) is 0 Å². The molecule has 0 unspecified atom stereocenters. The third kappa shape index (κ3) is 40.1. The van der Waals surface area contributed by atoms with Crippen molar-refractivity contribution in [1.82, 2.24) is 0 Å². The zero-order valence-electron chi connectivity index (χ0n) is 18.0. The van der Waals surface area contributed by atoms with Crippen LogP contribution in [0.2, 0.25) is 33.4 Å². The van der Waals surface area contributed by atoms with Crippen molar-refractivity contribution >= 4 is 0 Å². The van der Waals surface area contributed by atoms with Gasteiger partial charge in [0.2, 0.25) is 0 Å². The molecule has 0 bridgehead atoms. The summed E-state index contributed by atoms with van der Waals surface area (Å²) >= 11 is -4.98. The van der Waals surface area contributed by atoms with Gasteiger partial charge in [0.05, 0.1) is 0 Å². The standard InChI is InChI=1S/8C2H5.4Hf.4H2N/c8*1-2;;;;;;;;/h8*1H2,2H3;;;;;4*1H2/q;;;;;;;;4*+1;4*-1. The molecule has 8 heteroatoms. The van der Waals surface area contributed by atoms with Crippen LogP contribution >= 0.6 is 0 Å². The summed E-state index contributed by atoms with van der Waals surface area (Å²) in [5, 5.41) is 0. The first-order chi connectivity index (χ1) is 11.2. The molecule has 0 aliphatic rings. The van der Waals surface area contributed by atoms with E-state index in [9.17, 15) is 0 Å². The van der Waals surface area contributed by atoms with Gasteiger partial charge in [0.15, 0.2) is 0 Å². The van der Waals surface area contributed by atoms with Crippen LogP contribution in [0.25, 0.3) is 0 Å². The molecule has 0 aromatic carbocycles. The van der Waals surface area contributed by atoms with Crippen LogP contribution in [0.15, 0.2) is 0 Å². The Morgan fingerprint density at radius 2 is 0.417 bits per heavy atom. The maximum atomic E-state index is 5.69. The first-order valence-electron chi connectivity index (χ1n) is 9.64. The molecule has 148 valence electrons. The van der Waals surface area contributed by atoms with Gasteiger partial charge in [-0.15, -0.1) is 0 Å². The molecular weight excluding hydrogens is 962 g/mol. The Morgan fingerprint density at radius 3 is 0.417 bits per heavy atom. The number of hydrogen-bond acceptors (Lipinski definition) is 4. The molecule has 24 heavy (non-hydrogen) atoms. The monoisotopic (exact) mass is 1020 g/mol. The fraction of sp³-hybridized carbons (Fsp3) is 1.00. The maximum absolute atomic E-state index is 5.69. The van der Waals surface area contributed by atoms with Gasteiger partial charge in [0.25, 0.3) is 0 Å². The van der Waals surface area contributed by atoms with Crippen molar-refractivity contribution in [3.05, 3.63) is 0 Å². The van der Waals surface area contributed by atoms with Crippen LogP contribution in [0.3, 0.4) is 0 Å². The SMILES string of the molecule is C[CH2][Hf]([NH2])[CH2]C.C[CH2][Hf]([NH2])[CH2]C.C[CH2][Hf]([NH2])[CH2]C.C[CH2][Hf]([NH2])[CH2]C. The van der Waals surface area contributed by atoms with Crippen LogP contribution in [0, 0.1) is 0 Å². The average Bonchev–Trinajstić information content (AvgIpc) is 2.66. The Hall–Kier alpha value is 3.32. The summed E-state index contributed by atoms with van der Waals surface area (Å²) in [4.78, 5) is 0. The zero-order valence-corrected chi connectivity index (χ0v) is 32.3. The Kier molecular flexibility index (Phi) is 45.0. The molecule has 0 rings (SSSR count). The van der Waals surface area contributed by atoms with Crippen LogP contribution in [-0.4, -0.2) is 0 Å². The molecule has 0 aliphatic carbocycles. The van der Waals surface area contributed by atoms with Gasteiger partial charge in [-0.05, 0) is 0 Å². The fourth-order valence-corrected chi connectivity index (χ4v) is 8.19. The molecule has 0 spiro atoms. The van der Waals surface area contributed by atoms with Gasteiger partial charge in [-0.3, -0.25) is 0 Å². The molecule has 0 heterocycles. The average molecular weight is 1010 g/mol. The van der Waals surface area contributed by atoms with Crippen LogP contribution in [0.4, 0.5) is 0 Å². The summed E-state index contributed by atoms with van der Waals surface area (Å²) in [5.74, 6) is 0. The van der Waals surface area contributed by atoms with E-state index in [0.717, 1.165) is 0 Å². The summed E-state index contributed by atoms with van der Waals surface area (Å²) < 4.78 is 33.3. The molecule has 0 aliphatic heterocycles. The van der Waals surface area contributed by atoms with Crippen molar-refractivity contribution < 1.29 is 86.9 Å². The van der Waals surface area contributed by atoms with Crippen molar-refractivity contribution in [3.63, 3.8) is 0 Å². The van der Waals surface area contributed by atoms with E-state index in [1.54, 1.807) is 0 Å². The van der Waals surface area contributed by atoms with Gasteiger partial charge in [-0.1, -0.05) is 0 Å². The number of nitrogens with two attached hydrogens (primary N) is 4. The Balaban J connectivity index is -0.000000111. The number of hydrogen-bond donors (Lipinski definition) is 4. The molecule has 0 aromatic rings. The van der Waals surface area contributed by atoms with Crippen molar-refractivity contribution in [2.24, 2.45) is 14.9 Å². The van der Waals surface area contributed by atoms with Crippen molar-refractivity contribution in [2.45, 2.75) is 88.8 Å². The predicted molar refractivity (Wildman–Crippen MR) is 101 cm³/mol. The minimum absolute atomic E-state index is 1.24. The Bertz CT molecular complexity index is 147. The van der Waals surface area contributed by atoms with Gasteiger partial charge in [-0.2, -0.15) is 0 Å². The minimum atomic E-state index is -1.24. The fourth-order valence-electron chi connectivity index (χ4n) is 1.000. The van der Waals surface area contributed by atoms with Crippen molar-refractivity contribution in [2.75, 3.05) is 0 Å². The summed E-state index contributed by atoms with van der Waals surface area (Å²) in [6, 6.07) is 0. The van der Waals surface area contributed by atoms with Gasteiger partial charge in [0.1, 0.15) is 0 Å². The van der Waals surface area contributed by atoms with E-state index in [-0.39, 0.29) is 0 Å². The summed E-state index contributed by atoms with van der Waals surface area (Å²) in [6.45, 7) is 17.6. The van der Waals surface area contributed by atoms with E-state index in [2.05, 4.69) is 55.4 Å². The third-order valence-corrected chi connectivity index (χ3v) is 29.7. The molecule has 0 amide bonds. The normalized spacial score (nSPS) is 8.50. The molecule has 0 atom stereocenters. The molecule has 0 fully saturated rings. The zero-order chi connectivity index (χ0) is 20.0. The van der Waals surface area contributed by atoms with Crippen molar-refractivity contribution in [3.8, 4) is 0 Å². The van der Waals surface area contributed by atoms with E-state index in [1.165, 1.54) is 33.4 Å². The van der Waals surface area contributed by atoms with Crippen LogP contribution in [0.5, 0.6) is 0 Å². The molecule has 4 nitrogen and oxygen atoms in total. The van der Waals surface area contributed by atoms with E-state index in [4.69, 9.17) is 14.9 Å². The first-order valence-corrected chi connectivity index (χ1v) is 38.3. The van der Waals surface area contributed by atoms with Crippen LogP contribution in [-0.2, 0) is 86.9 Å². The van der Waals surface area contributed by atoms with Gasteiger partial charge < -0.3 is 0 Å². The van der Waals surface area contributed by atoms with Gasteiger partial charge in [0, 0.05) is 0 Å².